The predicted molar refractivity (Wildman–Crippen MR) is 113 cm³/mol. The molecule has 1 aromatic carbocycles. The molecule has 3 rings (SSSR count). The molecule has 6 heteroatoms. The molecule has 3 nitrogen and oxygen atoms in total. The molecular weight excluding hydrogens is 373 g/mol. The summed E-state index contributed by atoms with van der Waals surface area (Å²) in [6.45, 7) is 10.7. The van der Waals surface area contributed by atoms with Crippen molar-refractivity contribution in [3.8, 4) is 10.6 Å². The summed E-state index contributed by atoms with van der Waals surface area (Å²) in [6.07, 6.45) is 1.19. The van der Waals surface area contributed by atoms with Crippen LogP contribution in [0.4, 0.5) is 0 Å². The van der Waals surface area contributed by atoms with Crippen LogP contribution < -0.4 is 5.73 Å². The van der Waals surface area contributed by atoms with Gasteiger partial charge in [0.25, 0.3) is 0 Å². The lowest BCUT2D eigenvalue weighted by atomic mass is 9.90. The van der Waals surface area contributed by atoms with Crippen LogP contribution in [0, 0.1) is 5.41 Å². The number of hydrogen-bond acceptors (Lipinski definition) is 4. The molecule has 140 valence electrons. The van der Waals surface area contributed by atoms with E-state index in [-0.39, 0.29) is 30.2 Å². The quantitative estimate of drug-likeness (QED) is 0.770. The van der Waals surface area contributed by atoms with Crippen molar-refractivity contribution in [1.29, 1.82) is 0 Å². The summed E-state index contributed by atoms with van der Waals surface area (Å²) in [4.78, 5) is 7.32. The third-order valence-electron chi connectivity index (χ3n) is 4.89. The molecule has 1 aliphatic heterocycles. The molecule has 1 fully saturated rings. The Balaban J connectivity index is 0.00000156. The summed E-state index contributed by atoms with van der Waals surface area (Å²) < 4.78 is 0. The van der Waals surface area contributed by atoms with E-state index in [1.807, 2.05) is 0 Å². The van der Waals surface area contributed by atoms with Crippen LogP contribution in [-0.4, -0.2) is 29.5 Å². The first-order valence-corrected chi connectivity index (χ1v) is 9.34. The van der Waals surface area contributed by atoms with Crippen LogP contribution in [0.1, 0.15) is 44.4 Å². The zero-order valence-corrected chi connectivity index (χ0v) is 17.6. The van der Waals surface area contributed by atoms with Crippen molar-refractivity contribution in [3.63, 3.8) is 0 Å². The zero-order chi connectivity index (χ0) is 16.4. The minimum absolute atomic E-state index is 0. The first-order valence-electron chi connectivity index (χ1n) is 8.46. The van der Waals surface area contributed by atoms with Crippen LogP contribution in [0.3, 0.4) is 0 Å². The zero-order valence-electron chi connectivity index (χ0n) is 15.2. The molecule has 0 radical (unpaired) electrons. The number of rotatable bonds is 5. The number of nitrogens with zero attached hydrogens (tertiary/aromatic N) is 2. The number of aromatic nitrogens is 1. The van der Waals surface area contributed by atoms with Crippen molar-refractivity contribution in [3.05, 3.63) is 40.9 Å². The van der Waals surface area contributed by atoms with Gasteiger partial charge in [-0.05, 0) is 36.4 Å². The summed E-state index contributed by atoms with van der Waals surface area (Å²) in [5.74, 6) is 0.572. The van der Waals surface area contributed by atoms with Crippen molar-refractivity contribution >= 4 is 36.2 Å². The van der Waals surface area contributed by atoms with E-state index in [2.05, 4.69) is 55.3 Å². The normalized spacial score (nSPS) is 20.4. The summed E-state index contributed by atoms with van der Waals surface area (Å²) in [7, 11) is 0. The highest BCUT2D eigenvalue weighted by Gasteiger charge is 2.32. The van der Waals surface area contributed by atoms with Crippen molar-refractivity contribution in [2.24, 2.45) is 11.1 Å². The molecule has 0 bridgehead atoms. The summed E-state index contributed by atoms with van der Waals surface area (Å²) in [6, 6.07) is 8.82. The molecular formula is C19H29Cl2N3S. The number of benzene rings is 1. The lowest BCUT2D eigenvalue weighted by molar-refractivity contribution is 0.272. The van der Waals surface area contributed by atoms with E-state index in [0.717, 1.165) is 31.2 Å². The average Bonchev–Trinajstić information content (AvgIpc) is 3.15. The number of nitrogens with two attached hydrogens (primary N) is 1. The maximum Gasteiger partial charge on any atom is 0.123 e. The van der Waals surface area contributed by atoms with E-state index in [1.54, 1.807) is 11.3 Å². The maximum absolute atomic E-state index is 5.90. The Bertz CT molecular complexity index is 657. The van der Waals surface area contributed by atoms with Gasteiger partial charge in [-0.3, -0.25) is 4.90 Å². The summed E-state index contributed by atoms with van der Waals surface area (Å²) >= 11 is 1.74. The second-order valence-electron chi connectivity index (χ2n) is 7.40. The summed E-state index contributed by atoms with van der Waals surface area (Å²) in [5, 5.41) is 3.32. The highest BCUT2D eigenvalue weighted by Crippen LogP contribution is 2.31. The number of thiazole rings is 1. The van der Waals surface area contributed by atoms with Gasteiger partial charge in [0.15, 0.2) is 0 Å². The molecule has 2 N–H and O–H groups in total. The van der Waals surface area contributed by atoms with Gasteiger partial charge in [0.1, 0.15) is 5.01 Å². The van der Waals surface area contributed by atoms with Gasteiger partial charge in [-0.1, -0.05) is 45.0 Å². The van der Waals surface area contributed by atoms with E-state index in [4.69, 9.17) is 10.7 Å². The van der Waals surface area contributed by atoms with Crippen LogP contribution in [0.5, 0.6) is 0 Å². The van der Waals surface area contributed by atoms with Crippen molar-refractivity contribution in [2.45, 2.75) is 39.7 Å². The van der Waals surface area contributed by atoms with Crippen molar-refractivity contribution in [1.82, 2.24) is 9.88 Å². The number of hydrogen-bond donors (Lipinski definition) is 1. The van der Waals surface area contributed by atoms with E-state index >= 15 is 0 Å². The van der Waals surface area contributed by atoms with Crippen molar-refractivity contribution < 1.29 is 0 Å². The van der Waals surface area contributed by atoms with Gasteiger partial charge >= 0.3 is 0 Å². The summed E-state index contributed by atoms with van der Waals surface area (Å²) in [5.41, 5.74) is 9.96. The molecule has 1 unspecified atom stereocenters. The second kappa shape index (κ2) is 9.33. The molecule has 0 aliphatic carbocycles. The highest BCUT2D eigenvalue weighted by molar-refractivity contribution is 7.13. The minimum atomic E-state index is 0. The van der Waals surface area contributed by atoms with Gasteiger partial charge in [-0.2, -0.15) is 0 Å². The Labute approximate surface area is 167 Å². The molecule has 25 heavy (non-hydrogen) atoms. The van der Waals surface area contributed by atoms with Crippen LogP contribution in [0.25, 0.3) is 10.6 Å². The monoisotopic (exact) mass is 401 g/mol. The largest absolute Gasteiger partial charge is 0.330 e. The van der Waals surface area contributed by atoms with Crippen LogP contribution >= 0.6 is 36.2 Å². The standard InChI is InChI=1S/C19H27N3S.2ClH/c1-14(2)15-4-6-16(7-5-15)18-21-17(11-23-18)10-22-9-8-19(3,12-20)13-22;;/h4-7,11,14H,8-10,12-13,20H2,1-3H3;2*1H. The Kier molecular flexibility index (Phi) is 8.36. The van der Waals surface area contributed by atoms with Gasteiger partial charge in [-0.25, -0.2) is 4.98 Å². The molecule has 2 aromatic rings. The van der Waals surface area contributed by atoms with Gasteiger partial charge in [0.2, 0.25) is 0 Å². The van der Waals surface area contributed by atoms with Gasteiger partial charge in [-0.15, -0.1) is 36.2 Å². The predicted octanol–water partition coefficient (Wildman–Crippen LogP) is 4.95. The number of halogens is 2. The molecule has 1 atom stereocenters. The maximum atomic E-state index is 5.90. The molecule has 1 saturated heterocycles. The highest BCUT2D eigenvalue weighted by atomic mass is 35.5. The first kappa shape index (κ1) is 22.4. The second-order valence-corrected chi connectivity index (χ2v) is 8.25. The first-order chi connectivity index (χ1) is 11.0. The van der Waals surface area contributed by atoms with E-state index in [0.29, 0.717) is 5.92 Å². The molecule has 0 saturated carbocycles. The SMILES string of the molecule is CC(C)c1ccc(-c2nc(CN3CCC(C)(CN)C3)cs2)cc1.Cl.Cl. The molecule has 1 aromatic heterocycles. The fourth-order valence-corrected chi connectivity index (χ4v) is 4.00. The van der Waals surface area contributed by atoms with E-state index in [1.165, 1.54) is 23.2 Å². The van der Waals surface area contributed by atoms with Crippen LogP contribution in [0.15, 0.2) is 29.6 Å². The molecule has 0 spiro atoms. The molecule has 0 amide bonds. The van der Waals surface area contributed by atoms with E-state index in [9.17, 15) is 0 Å². The fourth-order valence-electron chi connectivity index (χ4n) is 3.18. The Morgan fingerprint density at radius 2 is 1.92 bits per heavy atom. The molecule has 1 aliphatic rings. The Hall–Kier alpha value is -0.650. The third kappa shape index (κ3) is 5.41. The van der Waals surface area contributed by atoms with Crippen LogP contribution in [-0.2, 0) is 6.54 Å². The average molecular weight is 402 g/mol. The third-order valence-corrected chi connectivity index (χ3v) is 5.83. The number of likely N-dealkylation sites (tertiary alicyclic amines) is 1. The topological polar surface area (TPSA) is 42.2 Å². The smallest absolute Gasteiger partial charge is 0.123 e. The van der Waals surface area contributed by atoms with E-state index < -0.39 is 0 Å². The van der Waals surface area contributed by atoms with Gasteiger partial charge in [0.05, 0.1) is 5.69 Å². The minimum Gasteiger partial charge on any atom is -0.330 e. The van der Waals surface area contributed by atoms with Crippen LogP contribution in [0.2, 0.25) is 0 Å². The Morgan fingerprint density at radius 1 is 1.24 bits per heavy atom. The molecule has 2 heterocycles. The lowest BCUT2D eigenvalue weighted by Gasteiger charge is -2.22. The Morgan fingerprint density at radius 3 is 2.48 bits per heavy atom. The van der Waals surface area contributed by atoms with Gasteiger partial charge < -0.3 is 5.73 Å². The van der Waals surface area contributed by atoms with Crippen molar-refractivity contribution in [2.75, 3.05) is 19.6 Å². The lowest BCUT2D eigenvalue weighted by Crippen LogP contribution is -2.31. The fraction of sp³-hybridized carbons (Fsp3) is 0.526. The van der Waals surface area contributed by atoms with Gasteiger partial charge in [0, 0.05) is 24.0 Å².